The Balaban J connectivity index is 1.81. The number of nitrogens with one attached hydrogen (secondary N) is 2. The highest BCUT2D eigenvalue weighted by molar-refractivity contribution is 7.89. The number of carbonyl (C=O) groups is 1. The van der Waals surface area contributed by atoms with E-state index in [0.717, 1.165) is 12.1 Å². The number of primary sulfonamides is 1. The maximum absolute atomic E-state index is 11.8. The number of morpholine rings is 1. The standard InChI is InChI=1S/C13H19N3O4S/c14-21(18,19)12-3-1-10(2-4-12)8-16-13(17)7-11-9-15-5-6-20-11/h1-4,11,15H,5-9H2,(H,16,17)(H2,14,18,19). The number of carbonyl (C=O) groups excluding carboxylic acids is 1. The first-order chi connectivity index (χ1) is 9.95. The quantitative estimate of drug-likeness (QED) is 0.667. The molecular weight excluding hydrogens is 294 g/mol. The van der Waals surface area contributed by atoms with Gasteiger partial charge in [0, 0.05) is 19.6 Å². The summed E-state index contributed by atoms with van der Waals surface area (Å²) in [7, 11) is -3.68. The Bertz CT molecular complexity index is 580. The second-order valence-electron chi connectivity index (χ2n) is 4.87. The van der Waals surface area contributed by atoms with Crippen LogP contribution in [0.25, 0.3) is 0 Å². The van der Waals surface area contributed by atoms with Gasteiger partial charge in [-0.3, -0.25) is 4.79 Å². The van der Waals surface area contributed by atoms with E-state index in [4.69, 9.17) is 9.88 Å². The van der Waals surface area contributed by atoms with Gasteiger partial charge < -0.3 is 15.4 Å². The second-order valence-corrected chi connectivity index (χ2v) is 6.43. The fourth-order valence-corrected chi connectivity index (χ4v) is 2.54. The third-order valence-corrected chi connectivity index (χ3v) is 4.09. The lowest BCUT2D eigenvalue weighted by Crippen LogP contribution is -2.41. The van der Waals surface area contributed by atoms with E-state index in [0.29, 0.717) is 26.1 Å². The van der Waals surface area contributed by atoms with Crippen molar-refractivity contribution in [3.63, 3.8) is 0 Å². The number of benzene rings is 1. The summed E-state index contributed by atoms with van der Waals surface area (Å²) in [6.07, 6.45) is 0.214. The maximum atomic E-state index is 11.8. The van der Waals surface area contributed by atoms with Gasteiger partial charge in [-0.1, -0.05) is 12.1 Å². The molecule has 0 aliphatic carbocycles. The van der Waals surface area contributed by atoms with E-state index in [1.165, 1.54) is 12.1 Å². The Hall–Kier alpha value is -1.48. The predicted molar refractivity (Wildman–Crippen MR) is 76.9 cm³/mol. The average molecular weight is 313 g/mol. The number of amides is 1. The van der Waals surface area contributed by atoms with Gasteiger partial charge in [0.05, 0.1) is 24.0 Å². The number of hydrogen-bond donors (Lipinski definition) is 3. The van der Waals surface area contributed by atoms with Crippen LogP contribution in [0.3, 0.4) is 0 Å². The van der Waals surface area contributed by atoms with Crippen LogP contribution >= 0.6 is 0 Å². The van der Waals surface area contributed by atoms with Crippen LogP contribution in [0.1, 0.15) is 12.0 Å². The van der Waals surface area contributed by atoms with Gasteiger partial charge in [0.2, 0.25) is 15.9 Å². The van der Waals surface area contributed by atoms with Crippen LogP contribution in [0.15, 0.2) is 29.2 Å². The molecule has 0 bridgehead atoms. The van der Waals surface area contributed by atoms with Gasteiger partial charge in [0.1, 0.15) is 0 Å². The molecular formula is C13H19N3O4S. The molecule has 0 saturated carbocycles. The van der Waals surface area contributed by atoms with Crippen LogP contribution in [-0.2, 0) is 26.1 Å². The molecule has 21 heavy (non-hydrogen) atoms. The molecule has 1 heterocycles. The summed E-state index contributed by atoms with van der Waals surface area (Å²) in [6, 6.07) is 6.09. The fraction of sp³-hybridized carbons (Fsp3) is 0.462. The molecule has 1 atom stereocenters. The summed E-state index contributed by atoms with van der Waals surface area (Å²) in [6.45, 7) is 2.45. The molecule has 4 N–H and O–H groups in total. The molecule has 0 spiro atoms. The zero-order chi connectivity index (χ0) is 15.3. The minimum atomic E-state index is -3.68. The number of ether oxygens (including phenoxy) is 1. The van der Waals surface area contributed by atoms with E-state index >= 15 is 0 Å². The van der Waals surface area contributed by atoms with Crippen LogP contribution < -0.4 is 15.8 Å². The zero-order valence-corrected chi connectivity index (χ0v) is 12.4. The minimum absolute atomic E-state index is 0.0549. The summed E-state index contributed by atoms with van der Waals surface area (Å²) in [5.74, 6) is -0.0979. The highest BCUT2D eigenvalue weighted by Gasteiger charge is 2.17. The summed E-state index contributed by atoms with van der Waals surface area (Å²) < 4.78 is 27.7. The fourth-order valence-electron chi connectivity index (χ4n) is 2.03. The summed E-state index contributed by atoms with van der Waals surface area (Å²) in [4.78, 5) is 11.8. The molecule has 1 unspecified atom stereocenters. The molecule has 1 aromatic rings. The molecule has 1 fully saturated rings. The third-order valence-electron chi connectivity index (χ3n) is 3.16. The van der Waals surface area contributed by atoms with Crippen molar-refractivity contribution in [2.75, 3.05) is 19.7 Å². The van der Waals surface area contributed by atoms with Crippen LogP contribution in [-0.4, -0.2) is 40.1 Å². The first-order valence-electron chi connectivity index (χ1n) is 6.66. The van der Waals surface area contributed by atoms with E-state index in [-0.39, 0.29) is 16.9 Å². The topological polar surface area (TPSA) is 111 Å². The SMILES string of the molecule is NS(=O)(=O)c1ccc(CNC(=O)CC2CNCCO2)cc1. The lowest BCUT2D eigenvalue weighted by Gasteiger charge is -2.23. The summed E-state index contributed by atoms with van der Waals surface area (Å²) in [5, 5.41) is 11.0. The predicted octanol–water partition coefficient (Wildman–Crippen LogP) is -0.671. The largest absolute Gasteiger partial charge is 0.375 e. The van der Waals surface area contributed by atoms with Crippen molar-refractivity contribution >= 4 is 15.9 Å². The van der Waals surface area contributed by atoms with E-state index in [2.05, 4.69) is 10.6 Å². The highest BCUT2D eigenvalue weighted by atomic mass is 32.2. The Kier molecular flexibility index (Phi) is 5.29. The first-order valence-corrected chi connectivity index (χ1v) is 8.20. The van der Waals surface area contributed by atoms with Crippen molar-refractivity contribution in [2.24, 2.45) is 5.14 Å². The van der Waals surface area contributed by atoms with Gasteiger partial charge in [0.15, 0.2) is 0 Å². The van der Waals surface area contributed by atoms with Crippen LogP contribution in [0, 0.1) is 0 Å². The molecule has 1 aromatic carbocycles. The Labute approximate surface area is 123 Å². The number of hydrogen-bond acceptors (Lipinski definition) is 5. The molecule has 1 aliphatic heterocycles. The molecule has 1 amide bonds. The van der Waals surface area contributed by atoms with Gasteiger partial charge in [-0.15, -0.1) is 0 Å². The van der Waals surface area contributed by atoms with Gasteiger partial charge >= 0.3 is 0 Å². The van der Waals surface area contributed by atoms with Crippen molar-refractivity contribution in [3.8, 4) is 0 Å². The van der Waals surface area contributed by atoms with Crippen LogP contribution in [0.2, 0.25) is 0 Å². The molecule has 1 aliphatic rings. The van der Waals surface area contributed by atoms with Gasteiger partial charge in [-0.25, -0.2) is 13.6 Å². The highest BCUT2D eigenvalue weighted by Crippen LogP contribution is 2.09. The lowest BCUT2D eigenvalue weighted by atomic mass is 10.2. The van der Waals surface area contributed by atoms with Crippen molar-refractivity contribution < 1.29 is 17.9 Å². The lowest BCUT2D eigenvalue weighted by molar-refractivity contribution is -0.124. The molecule has 2 rings (SSSR count). The Morgan fingerprint density at radius 1 is 1.38 bits per heavy atom. The van der Waals surface area contributed by atoms with Gasteiger partial charge in [0.25, 0.3) is 0 Å². The molecule has 116 valence electrons. The molecule has 8 heteroatoms. The molecule has 0 aromatic heterocycles. The monoisotopic (exact) mass is 313 g/mol. The third kappa shape index (κ3) is 5.09. The maximum Gasteiger partial charge on any atom is 0.238 e. The molecule has 1 saturated heterocycles. The van der Waals surface area contributed by atoms with Crippen molar-refractivity contribution in [3.05, 3.63) is 29.8 Å². The van der Waals surface area contributed by atoms with Gasteiger partial charge in [-0.2, -0.15) is 0 Å². The zero-order valence-electron chi connectivity index (χ0n) is 11.5. The average Bonchev–Trinajstić information content (AvgIpc) is 2.46. The first kappa shape index (κ1) is 15.9. The Morgan fingerprint density at radius 3 is 2.67 bits per heavy atom. The van der Waals surface area contributed by atoms with Gasteiger partial charge in [-0.05, 0) is 17.7 Å². The van der Waals surface area contributed by atoms with E-state index in [9.17, 15) is 13.2 Å². The van der Waals surface area contributed by atoms with Crippen molar-refractivity contribution in [1.29, 1.82) is 0 Å². The number of sulfonamides is 1. The van der Waals surface area contributed by atoms with Crippen LogP contribution in [0.4, 0.5) is 0 Å². The number of rotatable bonds is 5. The van der Waals surface area contributed by atoms with E-state index in [1.807, 2.05) is 0 Å². The smallest absolute Gasteiger partial charge is 0.238 e. The normalized spacial score (nSPS) is 19.2. The summed E-state index contributed by atoms with van der Waals surface area (Å²) >= 11 is 0. The second kappa shape index (κ2) is 6.99. The van der Waals surface area contributed by atoms with Crippen molar-refractivity contribution in [1.82, 2.24) is 10.6 Å². The molecule has 0 radical (unpaired) electrons. The Morgan fingerprint density at radius 2 is 2.10 bits per heavy atom. The van der Waals surface area contributed by atoms with Crippen LogP contribution in [0.5, 0.6) is 0 Å². The van der Waals surface area contributed by atoms with Crippen molar-refractivity contribution in [2.45, 2.75) is 24.0 Å². The molecule has 7 nitrogen and oxygen atoms in total. The summed E-state index contributed by atoms with van der Waals surface area (Å²) in [5.41, 5.74) is 0.804. The number of nitrogens with two attached hydrogens (primary N) is 1. The van der Waals surface area contributed by atoms with E-state index < -0.39 is 10.0 Å². The van der Waals surface area contributed by atoms with E-state index in [1.54, 1.807) is 12.1 Å². The minimum Gasteiger partial charge on any atom is -0.375 e.